The van der Waals surface area contributed by atoms with Crippen LogP contribution in [0.15, 0.2) is 12.1 Å². The van der Waals surface area contributed by atoms with Gasteiger partial charge in [0, 0.05) is 0 Å². The van der Waals surface area contributed by atoms with Crippen LogP contribution in [-0.4, -0.2) is 80.5 Å². The number of rotatable bonds is 5. The van der Waals surface area contributed by atoms with Gasteiger partial charge >= 0.3 is 5.97 Å². The standard InChI is InChI=1S/C15H17NO10/c16-1-2-24-15-13(22)12(21)11(20)9(26-15)5-25-14(23)6-3-7(17)10(19)8(18)4-6/h3-4,9,11-13,15,17-22H,2,5H2. The van der Waals surface area contributed by atoms with Crippen LogP contribution < -0.4 is 0 Å². The molecule has 0 aliphatic carbocycles. The quantitative estimate of drug-likeness (QED) is 0.256. The van der Waals surface area contributed by atoms with Crippen molar-refractivity contribution in [2.75, 3.05) is 13.2 Å². The van der Waals surface area contributed by atoms with E-state index in [0.717, 1.165) is 12.1 Å². The van der Waals surface area contributed by atoms with Gasteiger partial charge in [-0.2, -0.15) is 5.26 Å². The van der Waals surface area contributed by atoms with Crippen LogP contribution in [0.2, 0.25) is 0 Å². The van der Waals surface area contributed by atoms with Gasteiger partial charge in [0.1, 0.15) is 37.6 Å². The van der Waals surface area contributed by atoms with E-state index in [-0.39, 0.29) is 5.56 Å². The lowest BCUT2D eigenvalue weighted by Crippen LogP contribution is -2.59. The molecule has 26 heavy (non-hydrogen) atoms. The Bertz CT molecular complexity index is 679. The van der Waals surface area contributed by atoms with Crippen LogP contribution in [0.4, 0.5) is 0 Å². The molecule has 1 aliphatic rings. The predicted octanol–water partition coefficient (Wildman–Crippen LogP) is -1.69. The smallest absolute Gasteiger partial charge is 0.338 e. The number of nitriles is 1. The van der Waals surface area contributed by atoms with Crippen LogP contribution in [-0.2, 0) is 14.2 Å². The second-order valence-corrected chi connectivity index (χ2v) is 5.45. The summed E-state index contributed by atoms with van der Waals surface area (Å²) in [4.78, 5) is 12.0. The van der Waals surface area contributed by atoms with E-state index in [1.165, 1.54) is 0 Å². The van der Waals surface area contributed by atoms with E-state index in [9.17, 15) is 35.4 Å². The maximum atomic E-state index is 12.0. The molecule has 0 radical (unpaired) electrons. The Morgan fingerprint density at radius 3 is 2.31 bits per heavy atom. The fourth-order valence-corrected chi connectivity index (χ4v) is 2.27. The number of phenolic OH excluding ortho intramolecular Hbond substituents is 3. The van der Waals surface area contributed by atoms with E-state index in [4.69, 9.17) is 19.5 Å². The molecule has 6 N–H and O–H groups in total. The average Bonchev–Trinajstić information content (AvgIpc) is 2.62. The van der Waals surface area contributed by atoms with Crippen LogP contribution in [0.1, 0.15) is 10.4 Å². The molecule has 5 atom stereocenters. The lowest BCUT2D eigenvalue weighted by molar-refractivity contribution is -0.297. The minimum Gasteiger partial charge on any atom is -0.504 e. The van der Waals surface area contributed by atoms with E-state index in [1.807, 2.05) is 0 Å². The molecular formula is C15H17NO10. The molecule has 11 heteroatoms. The molecule has 0 amide bonds. The second kappa shape index (κ2) is 8.17. The summed E-state index contributed by atoms with van der Waals surface area (Å²) < 4.78 is 15.0. The topological polar surface area (TPSA) is 190 Å². The van der Waals surface area contributed by atoms with E-state index in [1.54, 1.807) is 6.07 Å². The number of esters is 1. The summed E-state index contributed by atoms with van der Waals surface area (Å²) in [7, 11) is 0. The first kappa shape index (κ1) is 19.7. The lowest BCUT2D eigenvalue weighted by Gasteiger charge is -2.39. The number of ether oxygens (including phenoxy) is 3. The van der Waals surface area contributed by atoms with Crippen molar-refractivity contribution in [2.24, 2.45) is 0 Å². The van der Waals surface area contributed by atoms with E-state index < -0.39 is 67.1 Å². The van der Waals surface area contributed by atoms with Crippen LogP contribution in [0.5, 0.6) is 17.2 Å². The van der Waals surface area contributed by atoms with Gasteiger partial charge in [0.25, 0.3) is 0 Å². The molecule has 11 nitrogen and oxygen atoms in total. The molecule has 5 unspecified atom stereocenters. The van der Waals surface area contributed by atoms with E-state index in [0.29, 0.717) is 0 Å². The van der Waals surface area contributed by atoms with E-state index in [2.05, 4.69) is 0 Å². The van der Waals surface area contributed by atoms with Crippen LogP contribution in [0.3, 0.4) is 0 Å². The van der Waals surface area contributed by atoms with Crippen molar-refractivity contribution in [3.05, 3.63) is 17.7 Å². The van der Waals surface area contributed by atoms with Crippen LogP contribution in [0, 0.1) is 11.3 Å². The summed E-state index contributed by atoms with van der Waals surface area (Å²) in [6.07, 6.45) is -7.59. The highest BCUT2D eigenvalue weighted by molar-refractivity contribution is 5.91. The molecule has 0 bridgehead atoms. The first-order valence-corrected chi connectivity index (χ1v) is 7.36. The number of phenols is 3. The number of benzene rings is 1. The monoisotopic (exact) mass is 371 g/mol. The first-order valence-electron chi connectivity index (χ1n) is 7.36. The number of hydrogen-bond acceptors (Lipinski definition) is 11. The van der Waals surface area contributed by atoms with Gasteiger partial charge in [0.15, 0.2) is 23.5 Å². The molecule has 1 heterocycles. The summed E-state index contributed by atoms with van der Waals surface area (Å²) in [5, 5.41) is 65.9. The van der Waals surface area contributed by atoms with Crippen LogP contribution >= 0.6 is 0 Å². The summed E-state index contributed by atoms with van der Waals surface area (Å²) in [5.74, 6) is -3.31. The van der Waals surface area contributed by atoms with Gasteiger partial charge in [-0.1, -0.05) is 0 Å². The summed E-state index contributed by atoms with van der Waals surface area (Å²) in [6.45, 7) is -1.01. The molecule has 142 valence electrons. The SMILES string of the molecule is N#CCOC1OC(COC(=O)c2cc(O)c(O)c(O)c2)C(O)C(O)C1O. The fraction of sp³-hybridized carbons (Fsp3) is 0.467. The number of hydrogen-bond donors (Lipinski definition) is 6. The van der Waals surface area contributed by atoms with Crippen molar-refractivity contribution >= 4 is 5.97 Å². The van der Waals surface area contributed by atoms with Crippen molar-refractivity contribution in [3.8, 4) is 23.3 Å². The molecule has 2 rings (SSSR count). The minimum absolute atomic E-state index is 0.291. The highest BCUT2D eigenvalue weighted by atomic mass is 16.7. The zero-order chi connectivity index (χ0) is 19.4. The Morgan fingerprint density at radius 1 is 1.12 bits per heavy atom. The number of aliphatic hydroxyl groups is 3. The van der Waals surface area contributed by atoms with Gasteiger partial charge in [-0.05, 0) is 12.1 Å². The van der Waals surface area contributed by atoms with Gasteiger partial charge in [0.2, 0.25) is 0 Å². The van der Waals surface area contributed by atoms with Crippen molar-refractivity contribution in [1.29, 1.82) is 5.26 Å². The lowest BCUT2D eigenvalue weighted by atomic mass is 9.99. The Kier molecular flexibility index (Phi) is 6.19. The third kappa shape index (κ3) is 4.13. The minimum atomic E-state index is -1.67. The highest BCUT2D eigenvalue weighted by Gasteiger charge is 2.44. The number of nitrogens with zero attached hydrogens (tertiary/aromatic N) is 1. The number of aromatic hydroxyl groups is 3. The Labute approximate surface area is 146 Å². The second-order valence-electron chi connectivity index (χ2n) is 5.45. The zero-order valence-corrected chi connectivity index (χ0v) is 13.2. The van der Waals surface area contributed by atoms with Gasteiger partial charge in [-0.25, -0.2) is 4.79 Å². The molecule has 1 fully saturated rings. The van der Waals surface area contributed by atoms with Gasteiger partial charge in [0.05, 0.1) is 11.6 Å². The highest BCUT2D eigenvalue weighted by Crippen LogP contribution is 2.35. The average molecular weight is 371 g/mol. The maximum Gasteiger partial charge on any atom is 0.338 e. The Hall–Kier alpha value is -2.62. The van der Waals surface area contributed by atoms with Crippen molar-refractivity contribution < 1.29 is 49.6 Å². The Morgan fingerprint density at radius 2 is 1.73 bits per heavy atom. The molecule has 1 aromatic carbocycles. The number of aliphatic hydroxyl groups excluding tert-OH is 3. The van der Waals surface area contributed by atoms with Crippen molar-refractivity contribution in [2.45, 2.75) is 30.7 Å². The van der Waals surface area contributed by atoms with Gasteiger partial charge in [-0.15, -0.1) is 0 Å². The van der Waals surface area contributed by atoms with Crippen molar-refractivity contribution in [1.82, 2.24) is 0 Å². The van der Waals surface area contributed by atoms with Crippen molar-refractivity contribution in [3.63, 3.8) is 0 Å². The molecule has 0 spiro atoms. The normalized spacial score (nSPS) is 28.3. The third-order valence-electron chi connectivity index (χ3n) is 3.66. The predicted molar refractivity (Wildman–Crippen MR) is 80.0 cm³/mol. The molecule has 1 saturated heterocycles. The fourth-order valence-electron chi connectivity index (χ4n) is 2.27. The molecule has 1 aromatic rings. The Balaban J connectivity index is 2.03. The van der Waals surface area contributed by atoms with Crippen LogP contribution in [0.25, 0.3) is 0 Å². The first-order chi connectivity index (χ1) is 12.3. The zero-order valence-electron chi connectivity index (χ0n) is 13.2. The van der Waals surface area contributed by atoms with Gasteiger partial charge < -0.3 is 44.8 Å². The molecule has 0 saturated carbocycles. The molecular weight excluding hydrogens is 354 g/mol. The maximum absolute atomic E-state index is 12.0. The van der Waals surface area contributed by atoms with E-state index >= 15 is 0 Å². The van der Waals surface area contributed by atoms with Gasteiger partial charge in [-0.3, -0.25) is 0 Å². The summed E-state index contributed by atoms with van der Waals surface area (Å²) >= 11 is 0. The summed E-state index contributed by atoms with van der Waals surface area (Å²) in [6, 6.07) is 3.36. The number of carbonyl (C=O) groups is 1. The molecule has 0 aromatic heterocycles. The summed E-state index contributed by atoms with van der Waals surface area (Å²) in [5.41, 5.74) is -0.291. The number of carbonyl (C=O) groups excluding carboxylic acids is 1. The third-order valence-corrected chi connectivity index (χ3v) is 3.66. The molecule has 1 aliphatic heterocycles. The largest absolute Gasteiger partial charge is 0.504 e.